The number of nitrogens with zero attached hydrogens (tertiary/aromatic N) is 4. The van der Waals surface area contributed by atoms with Crippen LogP contribution >= 0.6 is 11.3 Å². The molecule has 0 saturated heterocycles. The molecule has 7 heteroatoms. The van der Waals surface area contributed by atoms with Crippen molar-refractivity contribution in [3.8, 4) is 0 Å². The number of aromatic nitrogens is 3. The fourth-order valence-electron chi connectivity index (χ4n) is 2.11. The first-order valence-electron chi connectivity index (χ1n) is 6.09. The van der Waals surface area contributed by atoms with E-state index in [0.717, 1.165) is 25.2 Å². The van der Waals surface area contributed by atoms with Crippen LogP contribution in [0.4, 0.5) is 5.13 Å². The number of nitrogens with one attached hydrogen (secondary N) is 1. The van der Waals surface area contributed by atoms with Gasteiger partial charge in [-0.15, -0.1) is 11.3 Å². The van der Waals surface area contributed by atoms with E-state index < -0.39 is 0 Å². The largest absolute Gasteiger partial charge is 0.330 e. The number of thiazole rings is 1. The van der Waals surface area contributed by atoms with Crippen LogP contribution in [0.1, 0.15) is 21.2 Å². The zero-order valence-corrected chi connectivity index (χ0v) is 11.7. The van der Waals surface area contributed by atoms with Crippen molar-refractivity contribution < 1.29 is 4.79 Å². The van der Waals surface area contributed by atoms with Crippen LogP contribution in [0.25, 0.3) is 0 Å². The predicted molar refractivity (Wildman–Crippen MR) is 73.3 cm³/mol. The van der Waals surface area contributed by atoms with Crippen LogP contribution < -0.4 is 5.32 Å². The normalized spacial score (nSPS) is 15.3. The van der Waals surface area contributed by atoms with Crippen LogP contribution in [0, 0.1) is 0 Å². The Balaban J connectivity index is 1.78. The van der Waals surface area contributed by atoms with Gasteiger partial charge in [0.1, 0.15) is 0 Å². The zero-order chi connectivity index (χ0) is 13.4. The molecule has 0 aromatic carbocycles. The first-order valence-corrected chi connectivity index (χ1v) is 6.91. The molecule has 3 heterocycles. The summed E-state index contributed by atoms with van der Waals surface area (Å²) in [7, 11) is 3.89. The lowest BCUT2D eigenvalue weighted by Gasteiger charge is -2.20. The molecule has 3 rings (SSSR count). The molecule has 0 unspecified atom stereocenters. The molecule has 2 aromatic rings. The molecule has 1 amide bonds. The van der Waals surface area contributed by atoms with E-state index in [9.17, 15) is 4.79 Å². The number of rotatable bonds is 2. The summed E-state index contributed by atoms with van der Waals surface area (Å²) in [4.78, 5) is 24.0. The molecule has 2 aromatic heterocycles. The third-order valence-electron chi connectivity index (χ3n) is 3.17. The van der Waals surface area contributed by atoms with Gasteiger partial charge in [0.2, 0.25) is 0 Å². The number of fused-ring (bicyclic) bond motifs is 1. The number of hydrogen-bond acceptors (Lipinski definition) is 5. The minimum atomic E-state index is -0.216. The fraction of sp³-hybridized carbons (Fsp3) is 0.417. The van der Waals surface area contributed by atoms with Gasteiger partial charge in [-0.3, -0.25) is 10.1 Å². The maximum absolute atomic E-state index is 12.0. The van der Waals surface area contributed by atoms with Crippen LogP contribution in [0.3, 0.4) is 0 Å². The Kier molecular flexibility index (Phi) is 3.08. The van der Waals surface area contributed by atoms with Crippen molar-refractivity contribution >= 4 is 22.4 Å². The minimum absolute atomic E-state index is 0.216. The standard InChI is InChI=1S/C12H15N5OS/c1-16-5-3-8-9(7-16)19-12(14-8)15-11(18)10-13-4-6-17(10)2/h4,6H,3,5,7H2,1-2H3,(H,14,15,18). The van der Waals surface area contributed by atoms with Gasteiger partial charge in [-0.05, 0) is 7.05 Å². The topological polar surface area (TPSA) is 63.1 Å². The Labute approximate surface area is 115 Å². The number of anilines is 1. The summed E-state index contributed by atoms with van der Waals surface area (Å²) in [5, 5.41) is 3.48. The highest BCUT2D eigenvalue weighted by molar-refractivity contribution is 7.15. The first kappa shape index (κ1) is 12.3. The third-order valence-corrected chi connectivity index (χ3v) is 4.16. The maximum Gasteiger partial charge on any atom is 0.293 e. The van der Waals surface area contributed by atoms with E-state index >= 15 is 0 Å². The molecule has 0 fully saturated rings. The number of amides is 1. The lowest BCUT2D eigenvalue weighted by Crippen LogP contribution is -2.25. The van der Waals surface area contributed by atoms with Crippen LogP contribution in [0.2, 0.25) is 0 Å². The molecule has 1 N–H and O–H groups in total. The molecular formula is C12H15N5OS. The number of hydrogen-bond donors (Lipinski definition) is 1. The van der Waals surface area contributed by atoms with Gasteiger partial charge in [-0.1, -0.05) is 0 Å². The summed E-state index contributed by atoms with van der Waals surface area (Å²) >= 11 is 1.55. The van der Waals surface area contributed by atoms with Gasteiger partial charge in [0.15, 0.2) is 11.0 Å². The Hall–Kier alpha value is -1.73. The van der Waals surface area contributed by atoms with Crippen LogP contribution in [-0.4, -0.2) is 38.9 Å². The maximum atomic E-state index is 12.0. The van der Waals surface area contributed by atoms with Crippen molar-refractivity contribution in [1.82, 2.24) is 19.4 Å². The Morgan fingerprint density at radius 2 is 2.32 bits per heavy atom. The van der Waals surface area contributed by atoms with Gasteiger partial charge in [0.05, 0.1) is 5.69 Å². The van der Waals surface area contributed by atoms with Crippen molar-refractivity contribution in [2.75, 3.05) is 18.9 Å². The van der Waals surface area contributed by atoms with Gasteiger partial charge in [0, 0.05) is 43.8 Å². The van der Waals surface area contributed by atoms with Crippen molar-refractivity contribution in [3.63, 3.8) is 0 Å². The highest BCUT2D eigenvalue weighted by Gasteiger charge is 2.20. The number of carbonyl (C=O) groups is 1. The van der Waals surface area contributed by atoms with Gasteiger partial charge >= 0.3 is 0 Å². The second-order valence-electron chi connectivity index (χ2n) is 4.69. The van der Waals surface area contributed by atoms with E-state index in [1.54, 1.807) is 35.3 Å². The molecule has 0 saturated carbocycles. The molecule has 0 bridgehead atoms. The second kappa shape index (κ2) is 4.75. The molecular weight excluding hydrogens is 262 g/mol. The molecule has 19 heavy (non-hydrogen) atoms. The SMILES string of the molecule is CN1CCc2nc(NC(=O)c3nccn3C)sc2C1. The summed E-state index contributed by atoms with van der Waals surface area (Å²) in [6.07, 6.45) is 4.30. The van der Waals surface area contributed by atoms with Crippen molar-refractivity contribution in [2.24, 2.45) is 7.05 Å². The van der Waals surface area contributed by atoms with Crippen molar-refractivity contribution in [2.45, 2.75) is 13.0 Å². The summed E-state index contributed by atoms with van der Waals surface area (Å²) < 4.78 is 1.69. The molecule has 6 nitrogen and oxygen atoms in total. The number of likely N-dealkylation sites (N-methyl/N-ethyl adjacent to an activating group) is 1. The van der Waals surface area contributed by atoms with Crippen molar-refractivity contribution in [3.05, 3.63) is 28.8 Å². The summed E-state index contributed by atoms with van der Waals surface area (Å²) in [6.45, 7) is 1.93. The molecule has 1 aliphatic rings. The highest BCUT2D eigenvalue weighted by Crippen LogP contribution is 2.27. The minimum Gasteiger partial charge on any atom is -0.330 e. The zero-order valence-electron chi connectivity index (χ0n) is 10.9. The fourth-order valence-corrected chi connectivity index (χ4v) is 3.20. The number of aryl methyl sites for hydroxylation is 1. The molecule has 0 spiro atoms. The van der Waals surface area contributed by atoms with Gasteiger partial charge in [-0.25, -0.2) is 9.97 Å². The van der Waals surface area contributed by atoms with Gasteiger partial charge < -0.3 is 9.47 Å². The number of carbonyl (C=O) groups excluding carboxylic acids is 1. The lowest BCUT2D eigenvalue weighted by atomic mass is 10.2. The summed E-state index contributed by atoms with van der Waals surface area (Å²) in [5.41, 5.74) is 1.11. The number of imidazole rings is 1. The predicted octanol–water partition coefficient (Wildman–Crippen LogP) is 1.12. The molecule has 0 atom stereocenters. The molecule has 0 radical (unpaired) electrons. The van der Waals surface area contributed by atoms with Crippen LogP contribution in [0.5, 0.6) is 0 Å². The van der Waals surface area contributed by atoms with Gasteiger partial charge in [-0.2, -0.15) is 0 Å². The molecule has 100 valence electrons. The Morgan fingerprint density at radius 1 is 1.47 bits per heavy atom. The van der Waals surface area contributed by atoms with E-state index in [1.807, 2.05) is 0 Å². The van der Waals surface area contributed by atoms with Crippen molar-refractivity contribution in [1.29, 1.82) is 0 Å². The van der Waals surface area contributed by atoms with E-state index in [0.29, 0.717) is 11.0 Å². The van der Waals surface area contributed by atoms with E-state index in [-0.39, 0.29) is 5.91 Å². The first-order chi connectivity index (χ1) is 9.13. The highest BCUT2D eigenvalue weighted by atomic mass is 32.1. The average Bonchev–Trinajstić information content (AvgIpc) is 2.94. The lowest BCUT2D eigenvalue weighted by molar-refractivity contribution is 0.101. The third kappa shape index (κ3) is 2.39. The smallest absolute Gasteiger partial charge is 0.293 e. The summed E-state index contributed by atoms with van der Waals surface area (Å²) in [6, 6.07) is 0. The van der Waals surface area contributed by atoms with E-state index in [4.69, 9.17) is 0 Å². The molecule has 0 aliphatic carbocycles. The Morgan fingerprint density at radius 3 is 3.05 bits per heavy atom. The van der Waals surface area contributed by atoms with Crippen LogP contribution in [0.15, 0.2) is 12.4 Å². The average molecular weight is 277 g/mol. The second-order valence-corrected chi connectivity index (χ2v) is 5.78. The van der Waals surface area contributed by atoms with Gasteiger partial charge in [0.25, 0.3) is 5.91 Å². The Bertz CT molecular complexity index is 617. The summed E-state index contributed by atoms with van der Waals surface area (Å²) in [5.74, 6) is 0.178. The monoisotopic (exact) mass is 277 g/mol. The van der Waals surface area contributed by atoms with E-state index in [1.165, 1.54) is 4.88 Å². The van der Waals surface area contributed by atoms with E-state index in [2.05, 4.69) is 27.2 Å². The quantitative estimate of drug-likeness (QED) is 0.893. The molecule has 1 aliphatic heterocycles. The van der Waals surface area contributed by atoms with Crippen LogP contribution in [-0.2, 0) is 20.0 Å².